The lowest BCUT2D eigenvalue weighted by atomic mass is 10.2. The molecule has 1 rings (SSSR count). The van der Waals surface area contributed by atoms with E-state index in [0.717, 1.165) is 18.4 Å². The molecular weight excluding hydrogens is 245 g/mol. The Morgan fingerprint density at radius 2 is 1.88 bits per heavy atom. The Bertz CT molecular complexity index is 346. The van der Waals surface area contributed by atoms with Crippen LogP contribution in [0.5, 0.6) is 0 Å². The lowest BCUT2D eigenvalue weighted by Crippen LogP contribution is -2.22. The summed E-state index contributed by atoms with van der Waals surface area (Å²) in [5.74, 6) is 0.0675. The van der Waals surface area contributed by atoms with Crippen molar-refractivity contribution in [3.05, 3.63) is 33.8 Å². The average molecular weight is 260 g/mol. The zero-order chi connectivity index (χ0) is 12.0. The van der Waals surface area contributed by atoms with E-state index < -0.39 is 0 Å². The van der Waals surface area contributed by atoms with E-state index in [1.54, 1.807) is 18.2 Å². The Labute approximate surface area is 106 Å². The first kappa shape index (κ1) is 13.3. The predicted octanol–water partition coefficient (Wildman–Crippen LogP) is 3.80. The molecule has 16 heavy (non-hydrogen) atoms. The second kappa shape index (κ2) is 6.77. The van der Waals surface area contributed by atoms with Crippen LogP contribution in [0.3, 0.4) is 0 Å². The molecule has 0 aliphatic heterocycles. The highest BCUT2D eigenvalue weighted by molar-refractivity contribution is 6.34. The van der Waals surface area contributed by atoms with Crippen LogP contribution in [0.2, 0.25) is 10.0 Å². The molecule has 0 heterocycles. The molecule has 0 atom stereocenters. The lowest BCUT2D eigenvalue weighted by Gasteiger charge is -2.06. The summed E-state index contributed by atoms with van der Waals surface area (Å²) < 4.78 is 0. The van der Waals surface area contributed by atoms with E-state index in [9.17, 15) is 4.79 Å². The summed E-state index contributed by atoms with van der Waals surface area (Å²) >= 11 is 11.7. The van der Waals surface area contributed by atoms with Crippen molar-refractivity contribution in [2.75, 3.05) is 0 Å². The number of benzene rings is 1. The number of carbonyl (C=O) groups is 1. The largest absolute Gasteiger partial charge is 0.352 e. The van der Waals surface area contributed by atoms with Crippen LogP contribution in [0.25, 0.3) is 0 Å². The van der Waals surface area contributed by atoms with E-state index in [1.807, 2.05) is 0 Å². The summed E-state index contributed by atoms with van der Waals surface area (Å²) in [5.41, 5.74) is 0.919. The summed E-state index contributed by atoms with van der Waals surface area (Å²) in [6, 6.07) is 5.27. The molecule has 4 heteroatoms. The van der Waals surface area contributed by atoms with Gasteiger partial charge in [0.25, 0.3) is 0 Å². The maximum atomic E-state index is 11.4. The van der Waals surface area contributed by atoms with Crippen molar-refractivity contribution in [1.82, 2.24) is 5.32 Å². The van der Waals surface area contributed by atoms with Gasteiger partial charge < -0.3 is 5.32 Å². The Morgan fingerprint density at radius 3 is 2.44 bits per heavy atom. The number of halogens is 2. The van der Waals surface area contributed by atoms with Crippen molar-refractivity contribution in [1.29, 1.82) is 0 Å². The predicted molar refractivity (Wildman–Crippen MR) is 67.8 cm³/mol. The first-order valence-corrected chi connectivity index (χ1v) is 6.09. The molecule has 2 nitrogen and oxygen atoms in total. The molecule has 1 aromatic carbocycles. The molecule has 0 unspecified atom stereocenters. The number of carbonyl (C=O) groups excluding carboxylic acids is 1. The molecular formula is C12H15Cl2NO. The van der Waals surface area contributed by atoms with Gasteiger partial charge in [0, 0.05) is 23.0 Å². The quantitative estimate of drug-likeness (QED) is 0.857. The topological polar surface area (TPSA) is 29.1 Å². The lowest BCUT2D eigenvalue weighted by molar-refractivity contribution is -0.121. The van der Waals surface area contributed by atoms with Crippen LogP contribution < -0.4 is 5.32 Å². The van der Waals surface area contributed by atoms with Crippen LogP contribution in [0.4, 0.5) is 0 Å². The van der Waals surface area contributed by atoms with Gasteiger partial charge in [0.15, 0.2) is 0 Å². The van der Waals surface area contributed by atoms with Crippen molar-refractivity contribution >= 4 is 29.1 Å². The van der Waals surface area contributed by atoms with Crippen molar-refractivity contribution in [3.63, 3.8) is 0 Å². The first-order chi connectivity index (χ1) is 7.61. The molecule has 0 fully saturated rings. The number of rotatable bonds is 5. The molecule has 0 aliphatic rings. The molecule has 0 aliphatic carbocycles. The van der Waals surface area contributed by atoms with Gasteiger partial charge in [-0.25, -0.2) is 0 Å². The number of hydrogen-bond acceptors (Lipinski definition) is 1. The van der Waals surface area contributed by atoms with Crippen LogP contribution in [0.1, 0.15) is 31.7 Å². The fourth-order valence-electron chi connectivity index (χ4n) is 1.34. The maximum Gasteiger partial charge on any atom is 0.220 e. The summed E-state index contributed by atoms with van der Waals surface area (Å²) in [6.45, 7) is 2.53. The van der Waals surface area contributed by atoms with Gasteiger partial charge in [-0.3, -0.25) is 4.79 Å². The molecule has 0 saturated heterocycles. The highest BCUT2D eigenvalue weighted by Gasteiger charge is 2.02. The van der Waals surface area contributed by atoms with Crippen molar-refractivity contribution in [2.45, 2.75) is 32.7 Å². The Kier molecular flexibility index (Phi) is 5.64. The summed E-state index contributed by atoms with van der Waals surface area (Å²) in [6.07, 6.45) is 2.52. The van der Waals surface area contributed by atoms with E-state index in [-0.39, 0.29) is 5.91 Å². The SMILES string of the molecule is CCCCC(=O)NCc1cc(Cl)cc(Cl)c1. The number of unbranched alkanes of at least 4 members (excludes halogenated alkanes) is 1. The van der Waals surface area contributed by atoms with E-state index in [2.05, 4.69) is 12.2 Å². The minimum atomic E-state index is 0.0675. The minimum Gasteiger partial charge on any atom is -0.352 e. The third-order valence-corrected chi connectivity index (χ3v) is 2.61. The Morgan fingerprint density at radius 1 is 1.25 bits per heavy atom. The molecule has 1 amide bonds. The van der Waals surface area contributed by atoms with Gasteiger partial charge in [0.1, 0.15) is 0 Å². The van der Waals surface area contributed by atoms with Crippen molar-refractivity contribution in [2.24, 2.45) is 0 Å². The van der Waals surface area contributed by atoms with Gasteiger partial charge in [-0.15, -0.1) is 0 Å². The zero-order valence-corrected chi connectivity index (χ0v) is 10.7. The number of hydrogen-bond donors (Lipinski definition) is 1. The monoisotopic (exact) mass is 259 g/mol. The van der Waals surface area contributed by atoms with E-state index >= 15 is 0 Å². The molecule has 0 aromatic heterocycles. The molecule has 1 aromatic rings. The number of nitrogens with one attached hydrogen (secondary N) is 1. The molecule has 0 spiro atoms. The third-order valence-electron chi connectivity index (χ3n) is 2.17. The van der Waals surface area contributed by atoms with Gasteiger partial charge in [0.05, 0.1) is 0 Å². The van der Waals surface area contributed by atoms with Gasteiger partial charge in [0.2, 0.25) is 5.91 Å². The standard InChI is InChI=1S/C12H15Cl2NO/c1-2-3-4-12(16)15-8-9-5-10(13)7-11(14)6-9/h5-7H,2-4,8H2,1H3,(H,15,16). The second-order valence-corrected chi connectivity index (χ2v) is 4.53. The highest BCUT2D eigenvalue weighted by atomic mass is 35.5. The average Bonchev–Trinajstić information content (AvgIpc) is 2.22. The van der Waals surface area contributed by atoms with Gasteiger partial charge in [-0.05, 0) is 30.2 Å². The van der Waals surface area contributed by atoms with Crippen molar-refractivity contribution < 1.29 is 4.79 Å². The minimum absolute atomic E-state index is 0.0675. The highest BCUT2D eigenvalue weighted by Crippen LogP contribution is 2.18. The third kappa shape index (κ3) is 4.86. The fraction of sp³-hybridized carbons (Fsp3) is 0.417. The van der Waals surface area contributed by atoms with Crippen LogP contribution in [0.15, 0.2) is 18.2 Å². The van der Waals surface area contributed by atoms with Gasteiger partial charge in [-0.1, -0.05) is 36.5 Å². The van der Waals surface area contributed by atoms with E-state index in [0.29, 0.717) is 23.0 Å². The zero-order valence-electron chi connectivity index (χ0n) is 9.22. The normalized spacial score (nSPS) is 10.2. The smallest absolute Gasteiger partial charge is 0.220 e. The second-order valence-electron chi connectivity index (χ2n) is 3.66. The van der Waals surface area contributed by atoms with Crippen LogP contribution in [-0.4, -0.2) is 5.91 Å². The van der Waals surface area contributed by atoms with E-state index in [1.165, 1.54) is 0 Å². The van der Waals surface area contributed by atoms with E-state index in [4.69, 9.17) is 23.2 Å². The van der Waals surface area contributed by atoms with Crippen LogP contribution >= 0.6 is 23.2 Å². The van der Waals surface area contributed by atoms with Gasteiger partial charge in [-0.2, -0.15) is 0 Å². The summed E-state index contributed by atoms with van der Waals surface area (Å²) in [4.78, 5) is 11.4. The molecule has 88 valence electrons. The molecule has 1 N–H and O–H groups in total. The molecule has 0 radical (unpaired) electrons. The molecule has 0 saturated carbocycles. The number of amides is 1. The van der Waals surface area contributed by atoms with Crippen molar-refractivity contribution in [3.8, 4) is 0 Å². The van der Waals surface area contributed by atoms with Crippen LogP contribution in [-0.2, 0) is 11.3 Å². The maximum absolute atomic E-state index is 11.4. The Hall–Kier alpha value is -0.730. The fourth-order valence-corrected chi connectivity index (χ4v) is 1.91. The van der Waals surface area contributed by atoms with Crippen LogP contribution in [0, 0.1) is 0 Å². The Balaban J connectivity index is 2.45. The summed E-state index contributed by atoms with van der Waals surface area (Å²) in [7, 11) is 0. The molecule has 0 bridgehead atoms. The first-order valence-electron chi connectivity index (χ1n) is 5.33. The summed E-state index contributed by atoms with van der Waals surface area (Å²) in [5, 5.41) is 4.01. The van der Waals surface area contributed by atoms with Gasteiger partial charge >= 0.3 is 0 Å².